The molecule has 2 aromatic heterocycles. The molecule has 0 aliphatic heterocycles. The fourth-order valence-electron chi connectivity index (χ4n) is 2.41. The van der Waals surface area contributed by atoms with Gasteiger partial charge in [-0.3, -0.25) is 0 Å². The van der Waals surface area contributed by atoms with E-state index in [1.54, 1.807) is 18.0 Å². The molecule has 23 heavy (non-hydrogen) atoms. The van der Waals surface area contributed by atoms with Gasteiger partial charge in [0.15, 0.2) is 11.0 Å². The van der Waals surface area contributed by atoms with Gasteiger partial charge in [-0.2, -0.15) is 0 Å². The molecule has 0 aliphatic carbocycles. The van der Waals surface area contributed by atoms with Crippen molar-refractivity contribution in [2.24, 2.45) is 0 Å². The molecule has 0 N–H and O–H groups in total. The van der Waals surface area contributed by atoms with Crippen molar-refractivity contribution < 1.29 is 4.42 Å². The topological polar surface area (TPSA) is 43.9 Å². The molecule has 1 aromatic carbocycles. The third-order valence-corrected chi connectivity index (χ3v) is 5.05. The molecule has 0 saturated carbocycles. The van der Waals surface area contributed by atoms with Crippen molar-refractivity contribution in [3.63, 3.8) is 0 Å². The zero-order chi connectivity index (χ0) is 16.2. The summed E-state index contributed by atoms with van der Waals surface area (Å²) in [6, 6.07) is 10.3. The maximum Gasteiger partial charge on any atom is 0.191 e. The molecule has 0 unspecified atom stereocenters. The normalized spacial score (nSPS) is 11.1. The Bertz CT molecular complexity index is 797. The summed E-state index contributed by atoms with van der Waals surface area (Å²) in [6.07, 6.45) is 2.73. The second-order valence-electron chi connectivity index (χ2n) is 5.27. The summed E-state index contributed by atoms with van der Waals surface area (Å²) in [5.74, 6) is 2.62. The van der Waals surface area contributed by atoms with E-state index in [0.717, 1.165) is 45.5 Å². The predicted molar refractivity (Wildman–Crippen MR) is 96.5 cm³/mol. The number of nitrogens with zero attached hydrogens (tertiary/aromatic N) is 3. The van der Waals surface area contributed by atoms with Gasteiger partial charge in [0.25, 0.3) is 0 Å². The summed E-state index contributed by atoms with van der Waals surface area (Å²) < 4.78 is 8.69. The summed E-state index contributed by atoms with van der Waals surface area (Å²) in [7, 11) is 0. The van der Waals surface area contributed by atoms with Gasteiger partial charge >= 0.3 is 0 Å². The van der Waals surface area contributed by atoms with E-state index < -0.39 is 0 Å². The molecule has 0 amide bonds. The van der Waals surface area contributed by atoms with Gasteiger partial charge in [0, 0.05) is 16.8 Å². The molecule has 0 radical (unpaired) electrons. The van der Waals surface area contributed by atoms with Crippen molar-refractivity contribution in [1.29, 1.82) is 0 Å². The SMILES string of the molecule is CCCn1c(SCc2cccc(Br)c2)nnc1-c1ccoc1C. The first kappa shape index (κ1) is 16.3. The van der Waals surface area contributed by atoms with Gasteiger partial charge < -0.3 is 8.98 Å². The van der Waals surface area contributed by atoms with E-state index >= 15 is 0 Å². The Balaban J connectivity index is 1.85. The van der Waals surface area contributed by atoms with Crippen LogP contribution in [0.1, 0.15) is 24.7 Å². The lowest BCUT2D eigenvalue weighted by atomic mass is 10.2. The molecule has 2 heterocycles. The van der Waals surface area contributed by atoms with Gasteiger partial charge in [0.1, 0.15) is 5.76 Å². The smallest absolute Gasteiger partial charge is 0.191 e. The molecule has 6 heteroatoms. The lowest BCUT2D eigenvalue weighted by Gasteiger charge is -2.08. The average Bonchev–Trinajstić information content (AvgIpc) is 3.12. The number of hydrogen-bond acceptors (Lipinski definition) is 4. The van der Waals surface area contributed by atoms with Crippen LogP contribution in [-0.4, -0.2) is 14.8 Å². The number of thioether (sulfide) groups is 1. The number of aryl methyl sites for hydroxylation is 1. The zero-order valence-corrected chi connectivity index (χ0v) is 15.5. The van der Waals surface area contributed by atoms with Gasteiger partial charge in [-0.25, -0.2) is 0 Å². The zero-order valence-electron chi connectivity index (χ0n) is 13.1. The Labute approximate surface area is 148 Å². The Morgan fingerprint density at radius 1 is 1.26 bits per heavy atom. The number of rotatable bonds is 6. The molecule has 0 aliphatic rings. The molecular weight excluding hydrogens is 374 g/mol. The Morgan fingerprint density at radius 3 is 2.83 bits per heavy atom. The van der Waals surface area contributed by atoms with E-state index in [-0.39, 0.29) is 0 Å². The molecule has 0 atom stereocenters. The Kier molecular flexibility index (Phi) is 5.23. The van der Waals surface area contributed by atoms with Crippen molar-refractivity contribution in [2.75, 3.05) is 0 Å². The van der Waals surface area contributed by atoms with Crippen LogP contribution in [0.4, 0.5) is 0 Å². The highest BCUT2D eigenvalue weighted by molar-refractivity contribution is 9.10. The van der Waals surface area contributed by atoms with Crippen molar-refractivity contribution in [2.45, 2.75) is 37.7 Å². The molecule has 0 saturated heterocycles. The highest BCUT2D eigenvalue weighted by Gasteiger charge is 2.16. The van der Waals surface area contributed by atoms with Crippen molar-refractivity contribution in [3.8, 4) is 11.4 Å². The number of benzene rings is 1. The standard InChI is InChI=1S/C17H18BrN3OS/c1-3-8-21-16(15-7-9-22-12(15)2)19-20-17(21)23-11-13-5-4-6-14(18)10-13/h4-7,9-10H,3,8,11H2,1-2H3. The third kappa shape index (κ3) is 3.70. The number of furan rings is 1. The lowest BCUT2D eigenvalue weighted by Crippen LogP contribution is -2.02. The third-order valence-electron chi connectivity index (χ3n) is 3.52. The average molecular weight is 392 g/mol. The highest BCUT2D eigenvalue weighted by Crippen LogP contribution is 2.29. The minimum atomic E-state index is 0.867. The fourth-order valence-corrected chi connectivity index (χ4v) is 3.77. The van der Waals surface area contributed by atoms with Gasteiger partial charge in [0.05, 0.1) is 11.8 Å². The van der Waals surface area contributed by atoms with E-state index in [1.165, 1.54) is 5.56 Å². The summed E-state index contributed by atoms with van der Waals surface area (Å²) in [4.78, 5) is 0. The second-order valence-corrected chi connectivity index (χ2v) is 7.13. The van der Waals surface area contributed by atoms with Crippen LogP contribution in [0, 0.1) is 6.92 Å². The van der Waals surface area contributed by atoms with Crippen LogP contribution in [0.25, 0.3) is 11.4 Å². The molecule has 0 bridgehead atoms. The highest BCUT2D eigenvalue weighted by atomic mass is 79.9. The first-order valence-corrected chi connectivity index (χ1v) is 9.31. The second kappa shape index (κ2) is 7.36. The molecule has 3 rings (SSSR count). The van der Waals surface area contributed by atoms with Crippen LogP contribution >= 0.6 is 27.7 Å². The molecule has 0 spiro atoms. The van der Waals surface area contributed by atoms with Gasteiger partial charge in [-0.15, -0.1) is 10.2 Å². The van der Waals surface area contributed by atoms with Gasteiger partial charge in [-0.1, -0.05) is 46.7 Å². The molecule has 120 valence electrons. The maximum absolute atomic E-state index is 5.41. The largest absolute Gasteiger partial charge is 0.469 e. The summed E-state index contributed by atoms with van der Waals surface area (Å²) in [5, 5.41) is 9.73. The first-order chi connectivity index (χ1) is 11.2. The van der Waals surface area contributed by atoms with Gasteiger partial charge in [0.2, 0.25) is 0 Å². The number of aromatic nitrogens is 3. The molecule has 4 nitrogen and oxygen atoms in total. The quantitative estimate of drug-likeness (QED) is 0.533. The van der Waals surface area contributed by atoms with E-state index in [1.807, 2.05) is 19.1 Å². The van der Waals surface area contributed by atoms with E-state index in [2.05, 4.69) is 55.8 Å². The number of halogens is 1. The van der Waals surface area contributed by atoms with Crippen molar-refractivity contribution in [1.82, 2.24) is 14.8 Å². The molecule has 3 aromatic rings. The minimum Gasteiger partial charge on any atom is -0.469 e. The summed E-state index contributed by atoms with van der Waals surface area (Å²) >= 11 is 5.22. The minimum absolute atomic E-state index is 0.867. The van der Waals surface area contributed by atoms with Crippen LogP contribution in [0.15, 0.2) is 50.6 Å². The van der Waals surface area contributed by atoms with Crippen LogP contribution in [0.3, 0.4) is 0 Å². The van der Waals surface area contributed by atoms with Gasteiger partial charge in [-0.05, 0) is 37.1 Å². The monoisotopic (exact) mass is 391 g/mol. The van der Waals surface area contributed by atoms with E-state index in [0.29, 0.717) is 0 Å². The fraction of sp³-hybridized carbons (Fsp3) is 0.294. The summed E-state index contributed by atoms with van der Waals surface area (Å²) in [5.41, 5.74) is 2.27. The maximum atomic E-state index is 5.41. The van der Waals surface area contributed by atoms with E-state index in [9.17, 15) is 0 Å². The molecular formula is C17H18BrN3OS. The van der Waals surface area contributed by atoms with Crippen LogP contribution in [0.2, 0.25) is 0 Å². The first-order valence-electron chi connectivity index (χ1n) is 7.54. The predicted octanol–water partition coefficient (Wildman–Crippen LogP) is 5.31. The van der Waals surface area contributed by atoms with Crippen LogP contribution in [-0.2, 0) is 12.3 Å². The van der Waals surface area contributed by atoms with Crippen LogP contribution in [0.5, 0.6) is 0 Å². The van der Waals surface area contributed by atoms with Crippen molar-refractivity contribution >= 4 is 27.7 Å². The Hall–Kier alpha value is -1.53. The van der Waals surface area contributed by atoms with Crippen LogP contribution < -0.4 is 0 Å². The summed E-state index contributed by atoms with van der Waals surface area (Å²) in [6.45, 7) is 5.01. The Morgan fingerprint density at radius 2 is 2.13 bits per heavy atom. The van der Waals surface area contributed by atoms with Crippen molar-refractivity contribution in [3.05, 3.63) is 52.4 Å². The molecule has 0 fully saturated rings. The lowest BCUT2D eigenvalue weighted by molar-refractivity contribution is 0.534. The number of hydrogen-bond donors (Lipinski definition) is 0. The van der Waals surface area contributed by atoms with E-state index in [4.69, 9.17) is 4.42 Å².